The van der Waals surface area contributed by atoms with Crippen molar-refractivity contribution < 1.29 is 14.7 Å². The van der Waals surface area contributed by atoms with Crippen LogP contribution in [0.1, 0.15) is 34.1 Å². The average molecular weight is 248 g/mol. The van der Waals surface area contributed by atoms with Gasteiger partial charge in [0.1, 0.15) is 0 Å². The molecule has 1 N–H and O–H groups in total. The van der Waals surface area contributed by atoms with Crippen LogP contribution in [0.3, 0.4) is 0 Å². The molecule has 1 aliphatic carbocycles. The minimum atomic E-state index is -0.942. The molecular formula is C15H20O3. The SMILES string of the molecule is CC(C=CC1C(C)=CC(=O)CC1(C)C)=CC(=O)O. The molecule has 1 rings (SSSR count). The van der Waals surface area contributed by atoms with E-state index in [0.717, 1.165) is 5.57 Å². The average Bonchev–Trinajstić information content (AvgIpc) is 2.12. The number of hydrogen-bond acceptors (Lipinski definition) is 2. The third-order valence-corrected chi connectivity index (χ3v) is 3.25. The molecule has 98 valence electrons. The summed E-state index contributed by atoms with van der Waals surface area (Å²) in [5, 5.41) is 8.64. The van der Waals surface area contributed by atoms with Gasteiger partial charge in [0.25, 0.3) is 0 Å². The standard InChI is InChI=1S/C15H20O3/c1-10(7-14(17)18)5-6-13-11(2)8-12(16)9-15(13,3)4/h5-8,13H,9H2,1-4H3,(H,17,18). The number of aliphatic carboxylic acids is 1. The zero-order valence-electron chi connectivity index (χ0n) is 11.4. The van der Waals surface area contributed by atoms with Crippen LogP contribution in [0.4, 0.5) is 0 Å². The van der Waals surface area contributed by atoms with Crippen LogP contribution in [0.15, 0.2) is 35.5 Å². The number of carbonyl (C=O) groups is 2. The van der Waals surface area contributed by atoms with E-state index in [-0.39, 0.29) is 17.1 Å². The number of carboxylic acids is 1. The van der Waals surface area contributed by atoms with Crippen LogP contribution in [-0.4, -0.2) is 16.9 Å². The number of hydrogen-bond donors (Lipinski definition) is 1. The van der Waals surface area contributed by atoms with Crippen molar-refractivity contribution in [3.8, 4) is 0 Å². The second kappa shape index (κ2) is 5.34. The molecule has 0 bridgehead atoms. The lowest BCUT2D eigenvalue weighted by Crippen LogP contribution is -2.30. The monoisotopic (exact) mass is 248 g/mol. The first-order valence-corrected chi connectivity index (χ1v) is 6.03. The molecule has 0 radical (unpaired) electrons. The van der Waals surface area contributed by atoms with Gasteiger partial charge in [-0.15, -0.1) is 0 Å². The van der Waals surface area contributed by atoms with Crippen LogP contribution in [0, 0.1) is 11.3 Å². The highest BCUT2D eigenvalue weighted by Gasteiger charge is 2.34. The Balaban J connectivity index is 2.95. The molecule has 0 aromatic heterocycles. The third kappa shape index (κ3) is 3.69. The molecule has 18 heavy (non-hydrogen) atoms. The number of carbonyl (C=O) groups excluding carboxylic acids is 1. The van der Waals surface area contributed by atoms with Crippen molar-refractivity contribution in [3.05, 3.63) is 35.5 Å². The van der Waals surface area contributed by atoms with Gasteiger partial charge in [0.2, 0.25) is 0 Å². The fourth-order valence-corrected chi connectivity index (χ4v) is 2.47. The Morgan fingerprint density at radius 3 is 2.61 bits per heavy atom. The molecule has 1 atom stereocenters. The third-order valence-electron chi connectivity index (χ3n) is 3.25. The van der Waals surface area contributed by atoms with E-state index in [1.165, 1.54) is 6.08 Å². The molecular weight excluding hydrogens is 228 g/mol. The van der Waals surface area contributed by atoms with Crippen LogP contribution in [0.25, 0.3) is 0 Å². The van der Waals surface area contributed by atoms with Gasteiger partial charge in [-0.25, -0.2) is 4.79 Å². The van der Waals surface area contributed by atoms with E-state index >= 15 is 0 Å². The van der Waals surface area contributed by atoms with Gasteiger partial charge in [-0.2, -0.15) is 0 Å². The smallest absolute Gasteiger partial charge is 0.328 e. The first kappa shape index (κ1) is 14.4. The number of allylic oxidation sites excluding steroid dienone is 5. The Hall–Kier alpha value is -1.64. The van der Waals surface area contributed by atoms with Crippen molar-refractivity contribution in [3.63, 3.8) is 0 Å². The highest BCUT2D eigenvalue weighted by molar-refractivity contribution is 5.92. The molecule has 0 fully saturated rings. The molecule has 0 aromatic rings. The second-order valence-electron chi connectivity index (χ2n) is 5.58. The van der Waals surface area contributed by atoms with Crippen molar-refractivity contribution in [2.75, 3.05) is 0 Å². The van der Waals surface area contributed by atoms with Crippen LogP contribution in [0.5, 0.6) is 0 Å². The Labute approximate surface area is 108 Å². The van der Waals surface area contributed by atoms with E-state index in [2.05, 4.69) is 13.8 Å². The van der Waals surface area contributed by atoms with Gasteiger partial charge in [0.05, 0.1) is 0 Å². The number of ketones is 1. The molecule has 0 aliphatic heterocycles. The molecule has 0 amide bonds. The van der Waals surface area contributed by atoms with Gasteiger partial charge in [-0.3, -0.25) is 4.79 Å². The van der Waals surface area contributed by atoms with Crippen LogP contribution in [-0.2, 0) is 9.59 Å². The summed E-state index contributed by atoms with van der Waals surface area (Å²) in [4.78, 5) is 22.1. The summed E-state index contributed by atoms with van der Waals surface area (Å²) in [6, 6.07) is 0. The maximum absolute atomic E-state index is 11.5. The lowest BCUT2D eigenvalue weighted by Gasteiger charge is -2.35. The summed E-state index contributed by atoms with van der Waals surface area (Å²) in [7, 11) is 0. The predicted molar refractivity (Wildman–Crippen MR) is 71.2 cm³/mol. The Bertz CT molecular complexity index is 450. The zero-order valence-corrected chi connectivity index (χ0v) is 11.4. The van der Waals surface area contributed by atoms with E-state index in [1.54, 1.807) is 13.0 Å². The largest absolute Gasteiger partial charge is 0.478 e. The lowest BCUT2D eigenvalue weighted by molar-refractivity contribution is -0.131. The maximum Gasteiger partial charge on any atom is 0.328 e. The van der Waals surface area contributed by atoms with Crippen LogP contribution < -0.4 is 0 Å². The molecule has 0 saturated heterocycles. The fourth-order valence-electron chi connectivity index (χ4n) is 2.47. The summed E-state index contributed by atoms with van der Waals surface area (Å²) in [6.07, 6.45) is 7.20. The van der Waals surface area contributed by atoms with Gasteiger partial charge in [0, 0.05) is 18.4 Å². The molecule has 3 nitrogen and oxygen atoms in total. The molecule has 1 aliphatic rings. The van der Waals surface area contributed by atoms with Crippen molar-refractivity contribution in [1.29, 1.82) is 0 Å². The minimum absolute atomic E-state index is 0.115. The summed E-state index contributed by atoms with van der Waals surface area (Å²) >= 11 is 0. The second-order valence-corrected chi connectivity index (χ2v) is 5.58. The van der Waals surface area contributed by atoms with Crippen molar-refractivity contribution in [2.24, 2.45) is 11.3 Å². The van der Waals surface area contributed by atoms with E-state index in [1.807, 2.05) is 19.1 Å². The minimum Gasteiger partial charge on any atom is -0.478 e. The summed E-state index contributed by atoms with van der Waals surface area (Å²) < 4.78 is 0. The van der Waals surface area contributed by atoms with E-state index in [0.29, 0.717) is 12.0 Å². The van der Waals surface area contributed by atoms with Gasteiger partial charge in [-0.05, 0) is 30.9 Å². The van der Waals surface area contributed by atoms with Crippen LogP contribution in [0.2, 0.25) is 0 Å². The first-order valence-electron chi connectivity index (χ1n) is 6.03. The molecule has 0 heterocycles. The van der Waals surface area contributed by atoms with Gasteiger partial charge < -0.3 is 5.11 Å². The van der Waals surface area contributed by atoms with Gasteiger partial charge in [0.15, 0.2) is 5.78 Å². The van der Waals surface area contributed by atoms with Crippen molar-refractivity contribution in [1.82, 2.24) is 0 Å². The van der Waals surface area contributed by atoms with Gasteiger partial charge in [-0.1, -0.05) is 31.6 Å². The normalized spacial score (nSPS) is 24.2. The first-order chi connectivity index (χ1) is 8.22. The van der Waals surface area contributed by atoms with Crippen molar-refractivity contribution in [2.45, 2.75) is 34.1 Å². The molecule has 0 aromatic carbocycles. The Kier molecular flexibility index (Phi) is 4.28. The van der Waals surface area contributed by atoms with E-state index < -0.39 is 5.97 Å². The zero-order chi connectivity index (χ0) is 13.9. The molecule has 1 unspecified atom stereocenters. The number of rotatable bonds is 3. The predicted octanol–water partition coefficient (Wildman–Crippen LogP) is 3.14. The Morgan fingerprint density at radius 2 is 2.11 bits per heavy atom. The fraction of sp³-hybridized carbons (Fsp3) is 0.467. The molecule has 0 spiro atoms. The highest BCUT2D eigenvalue weighted by atomic mass is 16.4. The maximum atomic E-state index is 11.5. The molecule has 3 heteroatoms. The van der Waals surface area contributed by atoms with Crippen molar-refractivity contribution >= 4 is 11.8 Å². The van der Waals surface area contributed by atoms with E-state index in [4.69, 9.17) is 5.11 Å². The summed E-state index contributed by atoms with van der Waals surface area (Å²) in [5.41, 5.74) is 1.62. The number of carboxylic acid groups (broad SMARTS) is 1. The van der Waals surface area contributed by atoms with Crippen LogP contribution >= 0.6 is 0 Å². The lowest BCUT2D eigenvalue weighted by atomic mass is 9.68. The van der Waals surface area contributed by atoms with E-state index in [9.17, 15) is 9.59 Å². The van der Waals surface area contributed by atoms with Gasteiger partial charge >= 0.3 is 5.97 Å². The highest BCUT2D eigenvalue weighted by Crippen LogP contribution is 2.40. The molecule has 0 saturated carbocycles. The topological polar surface area (TPSA) is 54.4 Å². The Morgan fingerprint density at radius 1 is 1.50 bits per heavy atom. The quantitative estimate of drug-likeness (QED) is 0.616. The summed E-state index contributed by atoms with van der Waals surface area (Å²) in [5.74, 6) is -0.602. The summed E-state index contributed by atoms with van der Waals surface area (Å²) in [6.45, 7) is 7.83.